The van der Waals surface area contributed by atoms with Crippen molar-refractivity contribution in [3.8, 4) is 5.75 Å². The molecule has 1 rings (SSSR count). The number of nitrogens with one attached hydrogen (secondary N) is 2. The highest BCUT2D eigenvalue weighted by atomic mass is 35.5. The Morgan fingerprint density at radius 3 is 2.75 bits per heavy atom. The highest BCUT2D eigenvalue weighted by Gasteiger charge is 2.13. The molecule has 16 heavy (non-hydrogen) atoms. The molecule has 1 aromatic rings. The Morgan fingerprint density at radius 1 is 1.50 bits per heavy atom. The largest absolute Gasteiger partial charge is 0.495 e. The lowest BCUT2D eigenvalue weighted by molar-refractivity contribution is -0.121. The Morgan fingerprint density at radius 2 is 2.19 bits per heavy atom. The molecule has 0 saturated carbocycles. The van der Waals surface area contributed by atoms with Gasteiger partial charge in [0.05, 0.1) is 12.8 Å². The van der Waals surface area contributed by atoms with E-state index in [4.69, 9.17) is 16.3 Å². The van der Waals surface area contributed by atoms with Crippen LogP contribution in [0.15, 0.2) is 18.2 Å². The number of likely N-dealkylation sites (N-methyl/N-ethyl adjacent to an activating group) is 1. The first-order chi connectivity index (χ1) is 7.58. The molecule has 0 bridgehead atoms. The van der Waals surface area contributed by atoms with Crippen LogP contribution in [0.5, 0.6) is 5.75 Å². The second kappa shape index (κ2) is 5.61. The fourth-order valence-electron chi connectivity index (χ4n) is 1.31. The van der Waals surface area contributed by atoms with Gasteiger partial charge in [0.15, 0.2) is 0 Å². The molecule has 0 aliphatic carbocycles. The molecule has 5 heteroatoms. The Kier molecular flexibility index (Phi) is 4.43. The standard InChI is InChI=1S/C11H15ClN2O2/c1-7(11(15)13-2)14-9-6-8(12)4-5-10(9)16-3/h4-7,14H,1-3H3,(H,13,15). The number of halogens is 1. The number of rotatable bonds is 4. The van der Waals surface area contributed by atoms with Gasteiger partial charge in [-0.2, -0.15) is 0 Å². The van der Waals surface area contributed by atoms with E-state index < -0.39 is 0 Å². The third kappa shape index (κ3) is 3.03. The van der Waals surface area contributed by atoms with Gasteiger partial charge in [-0.25, -0.2) is 0 Å². The lowest BCUT2D eigenvalue weighted by Gasteiger charge is -2.16. The van der Waals surface area contributed by atoms with Gasteiger partial charge in [-0.3, -0.25) is 4.79 Å². The summed E-state index contributed by atoms with van der Waals surface area (Å²) >= 11 is 5.87. The average molecular weight is 243 g/mol. The number of anilines is 1. The van der Waals surface area contributed by atoms with Gasteiger partial charge in [-0.1, -0.05) is 11.6 Å². The summed E-state index contributed by atoms with van der Waals surface area (Å²) in [5.41, 5.74) is 0.700. The van der Waals surface area contributed by atoms with E-state index >= 15 is 0 Å². The van der Waals surface area contributed by atoms with Crippen molar-refractivity contribution < 1.29 is 9.53 Å². The molecule has 2 N–H and O–H groups in total. The molecule has 0 saturated heterocycles. The Hall–Kier alpha value is -1.42. The van der Waals surface area contributed by atoms with Crippen molar-refractivity contribution in [2.45, 2.75) is 13.0 Å². The monoisotopic (exact) mass is 242 g/mol. The normalized spacial score (nSPS) is 11.8. The molecule has 1 unspecified atom stereocenters. The molecular formula is C11H15ClN2O2. The summed E-state index contributed by atoms with van der Waals surface area (Å²) in [7, 11) is 3.16. The van der Waals surface area contributed by atoms with Gasteiger partial charge in [0.2, 0.25) is 5.91 Å². The summed E-state index contributed by atoms with van der Waals surface area (Å²) in [5.74, 6) is 0.558. The van der Waals surface area contributed by atoms with Crippen molar-refractivity contribution in [1.82, 2.24) is 5.32 Å². The first-order valence-corrected chi connectivity index (χ1v) is 5.28. The van der Waals surface area contributed by atoms with Crippen molar-refractivity contribution in [2.75, 3.05) is 19.5 Å². The summed E-state index contributed by atoms with van der Waals surface area (Å²) in [6.45, 7) is 1.76. The lowest BCUT2D eigenvalue weighted by atomic mass is 10.2. The van der Waals surface area contributed by atoms with Crippen molar-refractivity contribution in [3.05, 3.63) is 23.2 Å². The highest BCUT2D eigenvalue weighted by molar-refractivity contribution is 6.30. The molecule has 4 nitrogen and oxygen atoms in total. The second-order valence-electron chi connectivity index (χ2n) is 3.32. The van der Waals surface area contributed by atoms with Gasteiger partial charge in [0, 0.05) is 12.1 Å². The molecule has 1 aromatic carbocycles. The summed E-state index contributed by atoms with van der Waals surface area (Å²) in [6.07, 6.45) is 0. The zero-order valence-corrected chi connectivity index (χ0v) is 10.3. The minimum Gasteiger partial charge on any atom is -0.495 e. The van der Waals surface area contributed by atoms with Crippen LogP contribution in [-0.2, 0) is 4.79 Å². The second-order valence-corrected chi connectivity index (χ2v) is 3.76. The minimum atomic E-state index is -0.350. The molecule has 0 spiro atoms. The minimum absolute atomic E-state index is 0.0953. The summed E-state index contributed by atoms with van der Waals surface area (Å²) in [5, 5.41) is 6.18. The SMILES string of the molecule is CNC(=O)C(C)Nc1cc(Cl)ccc1OC. The number of carbonyl (C=O) groups excluding carboxylic acids is 1. The maximum atomic E-state index is 11.4. The zero-order valence-electron chi connectivity index (χ0n) is 9.50. The van der Waals surface area contributed by atoms with Gasteiger partial charge < -0.3 is 15.4 Å². The first kappa shape index (κ1) is 12.6. The van der Waals surface area contributed by atoms with Gasteiger partial charge in [0.25, 0.3) is 0 Å². The Labute approximate surface area is 99.9 Å². The lowest BCUT2D eigenvalue weighted by Crippen LogP contribution is -2.35. The molecule has 88 valence electrons. The summed E-state index contributed by atoms with van der Waals surface area (Å²) in [6, 6.07) is 4.86. The van der Waals surface area contributed by atoms with Crippen LogP contribution in [-0.4, -0.2) is 26.1 Å². The van der Waals surface area contributed by atoms with Gasteiger partial charge in [-0.05, 0) is 25.1 Å². The molecule has 0 fully saturated rings. The van der Waals surface area contributed by atoms with Crippen molar-refractivity contribution >= 4 is 23.2 Å². The van der Waals surface area contributed by atoms with Gasteiger partial charge in [-0.15, -0.1) is 0 Å². The number of hydrogen-bond donors (Lipinski definition) is 2. The van der Waals surface area contributed by atoms with E-state index in [9.17, 15) is 4.79 Å². The Bertz CT molecular complexity index is 382. The number of amides is 1. The van der Waals surface area contributed by atoms with E-state index in [0.717, 1.165) is 0 Å². The topological polar surface area (TPSA) is 50.4 Å². The van der Waals surface area contributed by atoms with Gasteiger partial charge >= 0.3 is 0 Å². The molecule has 1 atom stereocenters. The fourth-order valence-corrected chi connectivity index (χ4v) is 1.48. The predicted molar refractivity (Wildman–Crippen MR) is 65.2 cm³/mol. The van der Waals surface area contributed by atoms with E-state index in [1.54, 1.807) is 39.3 Å². The average Bonchev–Trinajstić information content (AvgIpc) is 2.28. The van der Waals surface area contributed by atoms with Crippen LogP contribution >= 0.6 is 11.6 Å². The maximum absolute atomic E-state index is 11.4. The van der Waals surface area contributed by atoms with Crippen molar-refractivity contribution in [1.29, 1.82) is 0 Å². The number of hydrogen-bond acceptors (Lipinski definition) is 3. The predicted octanol–water partition coefficient (Wildman–Crippen LogP) is 1.89. The van der Waals surface area contributed by atoms with E-state index in [2.05, 4.69) is 10.6 Å². The number of ether oxygens (including phenoxy) is 1. The van der Waals surface area contributed by atoms with E-state index in [1.165, 1.54) is 0 Å². The molecular weight excluding hydrogens is 228 g/mol. The van der Waals surface area contributed by atoms with Crippen molar-refractivity contribution in [3.63, 3.8) is 0 Å². The third-order valence-corrected chi connectivity index (χ3v) is 2.41. The van der Waals surface area contributed by atoms with Crippen LogP contribution in [0.25, 0.3) is 0 Å². The molecule has 0 aromatic heterocycles. The molecule has 0 aliphatic rings. The van der Waals surface area contributed by atoms with Crippen LogP contribution in [0, 0.1) is 0 Å². The molecule has 1 amide bonds. The van der Waals surface area contributed by atoms with Crippen LogP contribution in [0.3, 0.4) is 0 Å². The third-order valence-electron chi connectivity index (χ3n) is 2.17. The number of carbonyl (C=O) groups is 1. The van der Waals surface area contributed by atoms with Gasteiger partial charge in [0.1, 0.15) is 11.8 Å². The zero-order chi connectivity index (χ0) is 12.1. The number of benzene rings is 1. The van der Waals surface area contributed by atoms with Crippen LogP contribution < -0.4 is 15.4 Å². The molecule has 0 heterocycles. The summed E-state index contributed by atoms with van der Waals surface area (Å²) < 4.78 is 5.16. The summed E-state index contributed by atoms with van der Waals surface area (Å²) in [4.78, 5) is 11.4. The van der Waals surface area contributed by atoms with Crippen molar-refractivity contribution in [2.24, 2.45) is 0 Å². The van der Waals surface area contributed by atoms with Crippen LogP contribution in [0.1, 0.15) is 6.92 Å². The molecule has 0 radical (unpaired) electrons. The number of methoxy groups -OCH3 is 1. The van der Waals surface area contributed by atoms with E-state index in [1.807, 2.05) is 0 Å². The maximum Gasteiger partial charge on any atom is 0.241 e. The highest BCUT2D eigenvalue weighted by Crippen LogP contribution is 2.28. The van der Waals surface area contributed by atoms with Crippen LogP contribution in [0.2, 0.25) is 5.02 Å². The first-order valence-electron chi connectivity index (χ1n) is 4.90. The molecule has 0 aliphatic heterocycles. The van der Waals surface area contributed by atoms with E-state index in [0.29, 0.717) is 16.5 Å². The fraction of sp³-hybridized carbons (Fsp3) is 0.364. The van der Waals surface area contributed by atoms with Crippen LogP contribution in [0.4, 0.5) is 5.69 Å². The van der Waals surface area contributed by atoms with E-state index in [-0.39, 0.29) is 11.9 Å². The smallest absolute Gasteiger partial charge is 0.241 e. The quantitative estimate of drug-likeness (QED) is 0.848. The Balaban J connectivity index is 2.86.